The first kappa shape index (κ1) is 49.3. The Balaban J connectivity index is 3.25. The van der Waals surface area contributed by atoms with E-state index >= 15 is 0 Å². The Kier molecular flexibility index (Phi) is 22.6. The number of nitrogens with two attached hydrogens (primary N) is 4. The Morgan fingerprint density at radius 3 is 1.53 bits per heavy atom. The molecule has 0 fully saturated rings. The summed E-state index contributed by atoms with van der Waals surface area (Å²) in [6.45, 7) is 10.7. The lowest BCUT2D eigenvalue weighted by Crippen LogP contribution is -2.59. The summed E-state index contributed by atoms with van der Waals surface area (Å²) in [5.41, 5.74) is 22.1. The number of benzene rings is 1. The van der Waals surface area contributed by atoms with Gasteiger partial charge in [0, 0.05) is 26.4 Å². The van der Waals surface area contributed by atoms with E-state index in [1.807, 2.05) is 27.7 Å². The van der Waals surface area contributed by atoms with Gasteiger partial charge in [-0.1, -0.05) is 58.0 Å². The molecule has 0 spiro atoms. The van der Waals surface area contributed by atoms with Crippen molar-refractivity contribution in [1.29, 1.82) is 0 Å². The lowest BCUT2D eigenvalue weighted by atomic mass is 9.99. The molecular weight excluding hydrogens is 736 g/mol. The van der Waals surface area contributed by atoms with Gasteiger partial charge in [0.2, 0.25) is 35.4 Å². The largest absolute Gasteiger partial charge is 0.370 e. The summed E-state index contributed by atoms with van der Waals surface area (Å²) in [7, 11) is 0. The van der Waals surface area contributed by atoms with Crippen molar-refractivity contribution in [3.63, 3.8) is 0 Å². The van der Waals surface area contributed by atoms with Gasteiger partial charge in [-0.05, 0) is 62.8 Å². The van der Waals surface area contributed by atoms with Crippen molar-refractivity contribution >= 4 is 53.6 Å². The molecule has 0 aliphatic carbocycles. The van der Waals surface area contributed by atoms with E-state index in [2.05, 4.69) is 41.9 Å². The number of carbonyl (C=O) groups is 7. The molecule has 1 rings (SSSR count). The number of guanidine groups is 2. The molecule has 0 aliphatic heterocycles. The van der Waals surface area contributed by atoms with Crippen LogP contribution in [0, 0.1) is 11.8 Å². The highest BCUT2D eigenvalue weighted by molar-refractivity contribution is 5.96. The highest BCUT2D eigenvalue weighted by Gasteiger charge is 2.33. The molecule has 0 saturated heterocycles. The van der Waals surface area contributed by atoms with Crippen molar-refractivity contribution in [3.8, 4) is 0 Å². The number of nitrogens with one attached hydrogen (secondary N) is 6. The summed E-state index contributed by atoms with van der Waals surface area (Å²) in [6.07, 6.45) is 2.28. The minimum absolute atomic E-state index is 0.0468. The van der Waals surface area contributed by atoms with Crippen molar-refractivity contribution in [1.82, 2.24) is 31.9 Å². The molecule has 0 bridgehead atoms. The topological polar surface area (TPSA) is 320 Å². The molecular formula is C38H64N12O7. The van der Waals surface area contributed by atoms with Gasteiger partial charge in [-0.15, -0.1) is 0 Å². The highest BCUT2D eigenvalue weighted by Crippen LogP contribution is 2.11. The molecule has 0 saturated carbocycles. The SMILES string of the molecule is CC(=O)N[C@@H](CCCN=C(N)N)C(=O)N[C@@H](CC(C)C)C(=O)N[C@@H](Cc1ccccc1)C(=O)N[C@@H](CC(C)C)C(=O)N[C@@H](C)C(=O)N[C@H](C=O)CCCN=C(N)N. The number of hydrogen-bond donors (Lipinski definition) is 10. The van der Waals surface area contributed by atoms with Gasteiger partial charge in [-0.25, -0.2) is 0 Å². The lowest BCUT2D eigenvalue weighted by Gasteiger charge is -2.28. The minimum atomic E-state index is -1.19. The molecule has 57 heavy (non-hydrogen) atoms. The smallest absolute Gasteiger partial charge is 0.243 e. The maximum Gasteiger partial charge on any atom is 0.243 e. The molecule has 19 nitrogen and oxygen atoms in total. The number of aliphatic imine (C=N–C) groups is 2. The standard InChI is InChI=1S/C38H64N12O7/c1-22(2)18-29(34(55)45-24(5)32(53)47-27(21-51)14-10-16-43-37(39)40)49-36(57)31(20-26-12-8-7-9-13-26)50-35(56)30(19-23(3)4)48-33(54)28(46-25(6)52)15-11-17-44-38(41)42/h7-9,12-13,21-24,27-31H,10-11,14-20H2,1-6H3,(H,45,55)(H,46,52)(H,47,53)(H,48,54)(H,49,57)(H,50,56)(H4,39,40,43)(H4,41,42,44)/t24-,27-,28-,29-,30-,31-/m0/s1. The third-order valence-corrected chi connectivity index (χ3v) is 8.45. The Morgan fingerprint density at radius 2 is 1.05 bits per heavy atom. The molecule has 6 amide bonds. The van der Waals surface area contributed by atoms with Crippen LogP contribution in [0.3, 0.4) is 0 Å². The van der Waals surface area contributed by atoms with Crippen LogP contribution in [0.2, 0.25) is 0 Å². The minimum Gasteiger partial charge on any atom is -0.370 e. The fourth-order valence-corrected chi connectivity index (χ4v) is 5.68. The summed E-state index contributed by atoms with van der Waals surface area (Å²) >= 11 is 0. The van der Waals surface area contributed by atoms with Crippen molar-refractivity contribution in [2.75, 3.05) is 13.1 Å². The van der Waals surface area contributed by atoms with Crippen LogP contribution in [-0.4, -0.2) is 103 Å². The van der Waals surface area contributed by atoms with Gasteiger partial charge < -0.3 is 59.6 Å². The first-order valence-corrected chi connectivity index (χ1v) is 19.2. The van der Waals surface area contributed by atoms with Crippen LogP contribution in [0.4, 0.5) is 0 Å². The van der Waals surface area contributed by atoms with E-state index in [9.17, 15) is 33.6 Å². The molecule has 0 heterocycles. The van der Waals surface area contributed by atoms with Crippen LogP contribution in [0.25, 0.3) is 0 Å². The third kappa shape index (κ3) is 21.2. The molecule has 318 valence electrons. The number of hydrogen-bond acceptors (Lipinski definition) is 9. The van der Waals surface area contributed by atoms with Crippen LogP contribution in [0.15, 0.2) is 40.3 Å². The van der Waals surface area contributed by atoms with Gasteiger partial charge in [-0.3, -0.25) is 38.8 Å². The van der Waals surface area contributed by atoms with Gasteiger partial charge in [0.25, 0.3) is 0 Å². The molecule has 1 aromatic carbocycles. The Morgan fingerprint density at radius 1 is 0.596 bits per heavy atom. The van der Waals surface area contributed by atoms with Crippen LogP contribution in [0.1, 0.15) is 85.6 Å². The summed E-state index contributed by atoms with van der Waals surface area (Å²) in [4.78, 5) is 99.3. The summed E-state index contributed by atoms with van der Waals surface area (Å²) in [5, 5.41) is 16.1. The van der Waals surface area contributed by atoms with E-state index in [1.165, 1.54) is 13.8 Å². The Hall–Kier alpha value is -5.75. The number of amides is 6. The first-order valence-electron chi connectivity index (χ1n) is 19.2. The second-order valence-electron chi connectivity index (χ2n) is 14.8. The van der Waals surface area contributed by atoms with Crippen molar-refractivity contribution in [2.24, 2.45) is 44.8 Å². The normalized spacial score (nSPS) is 14.0. The van der Waals surface area contributed by atoms with E-state index < -0.39 is 71.7 Å². The average molecular weight is 801 g/mol. The highest BCUT2D eigenvalue weighted by atomic mass is 16.2. The molecule has 14 N–H and O–H groups in total. The third-order valence-electron chi connectivity index (χ3n) is 8.45. The van der Waals surface area contributed by atoms with Gasteiger partial charge in [0.1, 0.15) is 36.5 Å². The zero-order valence-electron chi connectivity index (χ0n) is 34.0. The zero-order valence-corrected chi connectivity index (χ0v) is 34.0. The van der Waals surface area contributed by atoms with Crippen LogP contribution in [-0.2, 0) is 40.0 Å². The lowest BCUT2D eigenvalue weighted by molar-refractivity contribution is -0.135. The number of rotatable bonds is 26. The quantitative estimate of drug-likeness (QED) is 0.0224. The van der Waals surface area contributed by atoms with Gasteiger partial charge in [0.05, 0.1) is 6.04 Å². The van der Waals surface area contributed by atoms with Crippen molar-refractivity contribution < 1.29 is 33.6 Å². The van der Waals surface area contributed by atoms with Crippen molar-refractivity contribution in [3.05, 3.63) is 35.9 Å². The number of aldehydes is 1. The number of nitrogens with zero attached hydrogens (tertiary/aromatic N) is 2. The van der Waals surface area contributed by atoms with E-state index in [-0.39, 0.29) is 68.9 Å². The molecule has 0 aliphatic rings. The monoisotopic (exact) mass is 801 g/mol. The summed E-state index contributed by atoms with van der Waals surface area (Å²) in [5.74, 6) is -3.94. The van der Waals surface area contributed by atoms with E-state index in [0.717, 1.165) is 0 Å². The summed E-state index contributed by atoms with van der Waals surface area (Å²) in [6, 6.07) is 2.66. The van der Waals surface area contributed by atoms with E-state index in [1.54, 1.807) is 30.3 Å². The van der Waals surface area contributed by atoms with Crippen LogP contribution < -0.4 is 54.8 Å². The van der Waals surface area contributed by atoms with Gasteiger partial charge in [-0.2, -0.15) is 0 Å². The second kappa shape index (κ2) is 26.2. The van der Waals surface area contributed by atoms with Gasteiger partial charge in [0.15, 0.2) is 11.9 Å². The summed E-state index contributed by atoms with van der Waals surface area (Å²) < 4.78 is 0. The van der Waals surface area contributed by atoms with Crippen LogP contribution in [0.5, 0.6) is 0 Å². The predicted octanol–water partition coefficient (Wildman–Crippen LogP) is -1.42. The predicted molar refractivity (Wildman–Crippen MR) is 218 cm³/mol. The number of carbonyl (C=O) groups excluding carboxylic acids is 7. The molecule has 6 atom stereocenters. The molecule has 0 unspecified atom stereocenters. The average Bonchev–Trinajstić information content (AvgIpc) is 3.12. The molecule has 19 heteroatoms. The van der Waals surface area contributed by atoms with E-state index in [4.69, 9.17) is 22.9 Å². The van der Waals surface area contributed by atoms with Gasteiger partial charge >= 0.3 is 0 Å². The zero-order chi connectivity index (χ0) is 43.1. The van der Waals surface area contributed by atoms with Crippen molar-refractivity contribution in [2.45, 2.75) is 123 Å². The first-order chi connectivity index (χ1) is 26.8. The fraction of sp³-hybridized carbons (Fsp3) is 0.605. The second-order valence-corrected chi connectivity index (χ2v) is 14.8. The molecule has 0 radical (unpaired) electrons. The maximum absolute atomic E-state index is 14.0. The molecule has 1 aromatic rings. The van der Waals surface area contributed by atoms with Crippen LogP contribution >= 0.6 is 0 Å². The molecule has 0 aromatic heterocycles. The maximum atomic E-state index is 14.0. The Bertz CT molecular complexity index is 1530. The Labute approximate surface area is 335 Å². The fourth-order valence-electron chi connectivity index (χ4n) is 5.68. The van der Waals surface area contributed by atoms with E-state index in [0.29, 0.717) is 24.7 Å².